The molecule has 0 radical (unpaired) electrons. The van der Waals surface area contributed by atoms with Gasteiger partial charge in [-0.25, -0.2) is 0 Å². The number of hydrogen-bond acceptors (Lipinski definition) is 3. The predicted octanol–water partition coefficient (Wildman–Crippen LogP) is 1.64. The average Bonchev–Trinajstić information content (AvgIpc) is 3.11. The molecule has 0 saturated heterocycles. The zero-order valence-electron chi connectivity index (χ0n) is 10.3. The Labute approximate surface area is 111 Å². The van der Waals surface area contributed by atoms with Crippen LogP contribution in [0, 0.1) is 0 Å². The molecule has 3 N–H and O–H groups in total. The van der Waals surface area contributed by atoms with E-state index in [1.165, 1.54) is 0 Å². The number of hydrogen-bond donors (Lipinski definition) is 2. The Morgan fingerprint density at radius 1 is 1.50 bits per heavy atom. The van der Waals surface area contributed by atoms with Crippen molar-refractivity contribution >= 4 is 17.5 Å². The van der Waals surface area contributed by atoms with Gasteiger partial charge in [0.2, 0.25) is 5.91 Å². The molecule has 4 nitrogen and oxygen atoms in total. The number of methoxy groups -OCH3 is 1. The lowest BCUT2D eigenvalue weighted by Gasteiger charge is -2.18. The van der Waals surface area contributed by atoms with E-state index < -0.39 is 5.54 Å². The highest BCUT2D eigenvalue weighted by atomic mass is 35.5. The molecule has 1 amide bonds. The Morgan fingerprint density at radius 3 is 2.61 bits per heavy atom. The van der Waals surface area contributed by atoms with E-state index in [9.17, 15) is 4.79 Å². The van der Waals surface area contributed by atoms with Crippen molar-refractivity contribution in [1.82, 2.24) is 5.32 Å². The van der Waals surface area contributed by atoms with Gasteiger partial charge in [-0.2, -0.15) is 0 Å². The molecule has 1 fully saturated rings. The molecule has 0 heterocycles. The minimum absolute atomic E-state index is 0.0986. The van der Waals surface area contributed by atoms with E-state index in [-0.39, 0.29) is 12.0 Å². The standard InChI is InChI=1S/C13H17ClN2O2/c1-18-11(9-2-4-10(14)5-3-9)8-16-12(17)13(15)6-7-13/h2-5,11H,6-8,15H2,1H3,(H,16,17). The summed E-state index contributed by atoms with van der Waals surface area (Å²) in [4.78, 5) is 11.7. The predicted molar refractivity (Wildman–Crippen MR) is 70.4 cm³/mol. The Morgan fingerprint density at radius 2 is 2.11 bits per heavy atom. The largest absolute Gasteiger partial charge is 0.375 e. The van der Waals surface area contributed by atoms with E-state index in [0.29, 0.717) is 11.6 Å². The van der Waals surface area contributed by atoms with Gasteiger partial charge in [-0.3, -0.25) is 4.79 Å². The Hall–Kier alpha value is -1.10. The number of nitrogens with one attached hydrogen (secondary N) is 1. The first kappa shape index (κ1) is 13.3. The van der Waals surface area contributed by atoms with Crippen LogP contribution >= 0.6 is 11.6 Å². The second-order valence-electron chi connectivity index (χ2n) is 4.64. The summed E-state index contributed by atoms with van der Waals surface area (Å²) < 4.78 is 5.36. The van der Waals surface area contributed by atoms with Crippen molar-refractivity contribution in [3.05, 3.63) is 34.9 Å². The monoisotopic (exact) mass is 268 g/mol. The van der Waals surface area contributed by atoms with Crippen molar-refractivity contribution in [1.29, 1.82) is 0 Å². The normalized spacial score (nSPS) is 18.2. The Bertz CT molecular complexity index is 429. The summed E-state index contributed by atoms with van der Waals surface area (Å²) in [5.74, 6) is -0.0986. The lowest BCUT2D eigenvalue weighted by Crippen LogP contribution is -2.44. The van der Waals surface area contributed by atoms with Crippen LogP contribution < -0.4 is 11.1 Å². The van der Waals surface area contributed by atoms with Gasteiger partial charge in [0.05, 0.1) is 11.6 Å². The van der Waals surface area contributed by atoms with Gasteiger partial charge in [0, 0.05) is 18.7 Å². The molecule has 0 spiro atoms. The number of ether oxygens (including phenoxy) is 1. The fourth-order valence-electron chi connectivity index (χ4n) is 1.74. The SMILES string of the molecule is COC(CNC(=O)C1(N)CC1)c1ccc(Cl)cc1. The summed E-state index contributed by atoms with van der Waals surface area (Å²) in [5.41, 5.74) is 6.14. The van der Waals surface area contributed by atoms with Gasteiger partial charge in [-0.15, -0.1) is 0 Å². The van der Waals surface area contributed by atoms with E-state index in [4.69, 9.17) is 22.1 Å². The number of amides is 1. The number of halogens is 1. The molecule has 1 aliphatic carbocycles. The molecule has 1 aromatic rings. The van der Waals surface area contributed by atoms with Crippen LogP contribution in [0.4, 0.5) is 0 Å². The second kappa shape index (κ2) is 5.26. The third-order valence-electron chi connectivity index (χ3n) is 3.22. The first-order valence-electron chi connectivity index (χ1n) is 5.90. The number of carbonyl (C=O) groups excluding carboxylic acids is 1. The molecule has 0 aromatic heterocycles. The fraction of sp³-hybridized carbons (Fsp3) is 0.462. The second-order valence-corrected chi connectivity index (χ2v) is 5.08. The highest BCUT2D eigenvalue weighted by Gasteiger charge is 2.45. The maximum absolute atomic E-state index is 11.7. The van der Waals surface area contributed by atoms with E-state index >= 15 is 0 Å². The maximum atomic E-state index is 11.7. The molecule has 1 atom stereocenters. The molecule has 1 unspecified atom stereocenters. The summed E-state index contributed by atoms with van der Waals surface area (Å²) in [5, 5.41) is 3.50. The highest BCUT2D eigenvalue weighted by molar-refractivity contribution is 6.30. The molecule has 0 bridgehead atoms. The first-order valence-corrected chi connectivity index (χ1v) is 6.28. The Balaban J connectivity index is 1.93. The van der Waals surface area contributed by atoms with Gasteiger partial charge in [0.1, 0.15) is 0 Å². The van der Waals surface area contributed by atoms with E-state index in [1.54, 1.807) is 19.2 Å². The van der Waals surface area contributed by atoms with Crippen molar-refractivity contribution in [2.45, 2.75) is 24.5 Å². The van der Waals surface area contributed by atoms with Crippen molar-refractivity contribution in [3.63, 3.8) is 0 Å². The third kappa shape index (κ3) is 3.02. The summed E-state index contributed by atoms with van der Waals surface area (Å²) in [6.07, 6.45) is 1.34. The molecule has 2 rings (SSSR count). The molecule has 5 heteroatoms. The first-order chi connectivity index (χ1) is 8.55. The topological polar surface area (TPSA) is 64.3 Å². The van der Waals surface area contributed by atoms with Crippen molar-refractivity contribution in [2.24, 2.45) is 5.73 Å². The molecular weight excluding hydrogens is 252 g/mol. The summed E-state index contributed by atoms with van der Waals surface area (Å²) >= 11 is 5.83. The molecule has 1 aromatic carbocycles. The highest BCUT2D eigenvalue weighted by Crippen LogP contribution is 2.32. The molecule has 1 aliphatic rings. The molecule has 1 saturated carbocycles. The minimum atomic E-state index is -0.641. The van der Waals surface area contributed by atoms with Crippen LogP contribution in [0.25, 0.3) is 0 Å². The van der Waals surface area contributed by atoms with Gasteiger partial charge in [-0.05, 0) is 30.5 Å². The minimum Gasteiger partial charge on any atom is -0.375 e. The molecule has 18 heavy (non-hydrogen) atoms. The fourth-order valence-corrected chi connectivity index (χ4v) is 1.86. The van der Waals surface area contributed by atoms with Crippen LogP contribution in [0.2, 0.25) is 5.02 Å². The van der Waals surface area contributed by atoms with Crippen molar-refractivity contribution < 1.29 is 9.53 Å². The molecule has 98 valence electrons. The average molecular weight is 269 g/mol. The van der Waals surface area contributed by atoms with Gasteiger partial charge >= 0.3 is 0 Å². The smallest absolute Gasteiger partial charge is 0.240 e. The van der Waals surface area contributed by atoms with Gasteiger partial charge in [-0.1, -0.05) is 23.7 Å². The van der Waals surface area contributed by atoms with Gasteiger partial charge < -0.3 is 15.8 Å². The number of carbonyl (C=O) groups is 1. The molecule has 0 aliphatic heterocycles. The van der Waals surface area contributed by atoms with Crippen LogP contribution in [-0.4, -0.2) is 25.1 Å². The number of nitrogens with two attached hydrogens (primary N) is 1. The zero-order valence-corrected chi connectivity index (χ0v) is 11.0. The van der Waals surface area contributed by atoms with Crippen LogP contribution in [0.1, 0.15) is 24.5 Å². The van der Waals surface area contributed by atoms with Crippen LogP contribution in [0.3, 0.4) is 0 Å². The van der Waals surface area contributed by atoms with Gasteiger partial charge in [0.15, 0.2) is 0 Å². The number of rotatable bonds is 5. The van der Waals surface area contributed by atoms with E-state index in [1.807, 2.05) is 12.1 Å². The lowest BCUT2D eigenvalue weighted by molar-refractivity contribution is -0.123. The summed E-state index contributed by atoms with van der Waals surface area (Å²) in [6.45, 7) is 0.413. The van der Waals surface area contributed by atoms with Gasteiger partial charge in [0.25, 0.3) is 0 Å². The van der Waals surface area contributed by atoms with Crippen molar-refractivity contribution in [3.8, 4) is 0 Å². The Kier molecular flexibility index (Phi) is 3.90. The van der Waals surface area contributed by atoms with Crippen molar-refractivity contribution in [2.75, 3.05) is 13.7 Å². The van der Waals surface area contributed by atoms with Crippen LogP contribution in [0.15, 0.2) is 24.3 Å². The third-order valence-corrected chi connectivity index (χ3v) is 3.47. The van der Waals surface area contributed by atoms with Crippen LogP contribution in [0.5, 0.6) is 0 Å². The molecular formula is C13H17ClN2O2. The zero-order chi connectivity index (χ0) is 13.2. The number of benzene rings is 1. The summed E-state index contributed by atoms with van der Waals surface area (Å²) in [6, 6.07) is 7.38. The summed E-state index contributed by atoms with van der Waals surface area (Å²) in [7, 11) is 1.61. The van der Waals surface area contributed by atoms with Crippen LogP contribution in [-0.2, 0) is 9.53 Å². The van der Waals surface area contributed by atoms with E-state index in [2.05, 4.69) is 5.32 Å². The van der Waals surface area contributed by atoms with E-state index in [0.717, 1.165) is 18.4 Å². The quantitative estimate of drug-likeness (QED) is 0.853. The lowest BCUT2D eigenvalue weighted by atomic mass is 10.1. The maximum Gasteiger partial charge on any atom is 0.240 e.